The highest BCUT2D eigenvalue weighted by Crippen LogP contribution is 2.35. The van der Waals surface area contributed by atoms with Crippen LogP contribution in [0.5, 0.6) is 0 Å². The van der Waals surface area contributed by atoms with Crippen LogP contribution in [0.2, 0.25) is 0 Å². The van der Waals surface area contributed by atoms with Crippen molar-refractivity contribution in [1.29, 1.82) is 0 Å². The molecule has 0 spiro atoms. The van der Waals surface area contributed by atoms with Gasteiger partial charge in [0.05, 0.1) is 11.1 Å². The number of amides is 1. The second-order valence-corrected chi connectivity index (χ2v) is 8.94. The normalized spacial score (nSPS) is 17.8. The summed E-state index contributed by atoms with van der Waals surface area (Å²) in [5.74, 6) is 0.110. The molecule has 1 aromatic carbocycles. The number of rotatable bonds is 6. The summed E-state index contributed by atoms with van der Waals surface area (Å²) in [5, 5.41) is 2.58. The van der Waals surface area contributed by atoms with Gasteiger partial charge in [-0.05, 0) is 101 Å². The van der Waals surface area contributed by atoms with Crippen molar-refractivity contribution in [1.82, 2.24) is 9.88 Å². The first-order valence-electron chi connectivity index (χ1n) is 11.3. The van der Waals surface area contributed by atoms with E-state index < -0.39 is 17.6 Å². The van der Waals surface area contributed by atoms with Crippen molar-refractivity contribution < 1.29 is 18.0 Å². The molecule has 1 saturated heterocycles. The van der Waals surface area contributed by atoms with Gasteiger partial charge in [-0.1, -0.05) is 12.5 Å². The molecule has 0 bridgehead atoms. The van der Waals surface area contributed by atoms with Gasteiger partial charge in [0, 0.05) is 17.6 Å². The lowest BCUT2D eigenvalue weighted by molar-refractivity contribution is -0.138. The Morgan fingerprint density at radius 1 is 1.19 bits per heavy atom. The summed E-state index contributed by atoms with van der Waals surface area (Å²) in [6.45, 7) is 5.83. The molecule has 0 radical (unpaired) electrons. The number of aryl methyl sites for hydroxylation is 3. The molecule has 4 nitrogen and oxygen atoms in total. The van der Waals surface area contributed by atoms with Crippen LogP contribution in [0.1, 0.15) is 64.8 Å². The Bertz CT molecular complexity index is 943. The Balaban J connectivity index is 1.67. The van der Waals surface area contributed by atoms with Crippen LogP contribution in [-0.4, -0.2) is 35.9 Å². The zero-order valence-electron chi connectivity index (χ0n) is 19.1. The number of nitrogens with one attached hydrogen (secondary N) is 1. The molecule has 3 rings (SSSR count). The summed E-state index contributed by atoms with van der Waals surface area (Å²) in [4.78, 5) is 19.0. The molecule has 2 heterocycles. The molecule has 1 unspecified atom stereocenters. The predicted octanol–water partition coefficient (Wildman–Crippen LogP) is 6.02. The zero-order valence-corrected chi connectivity index (χ0v) is 19.1. The Morgan fingerprint density at radius 3 is 2.69 bits per heavy atom. The van der Waals surface area contributed by atoms with Crippen molar-refractivity contribution in [2.24, 2.45) is 5.92 Å². The van der Waals surface area contributed by atoms with Gasteiger partial charge in [-0.25, -0.2) is 0 Å². The third kappa shape index (κ3) is 6.55. The highest BCUT2D eigenvalue weighted by Gasteiger charge is 2.33. The standard InChI is InChI=1S/C25H32F3N3O/c1-17-14-21(16-29-18(17)2)24(32)30-22-10-9-20(23(15-22)25(26,27)28)8-4-6-19-7-5-12-31(3)13-11-19/h9-10,14-16,19H,4-8,11-13H2,1-3H3,(H,30,32). The molecule has 1 amide bonds. The number of hydrogen-bond donors (Lipinski definition) is 1. The van der Waals surface area contributed by atoms with Crippen LogP contribution >= 0.6 is 0 Å². The summed E-state index contributed by atoms with van der Waals surface area (Å²) in [6.07, 6.45) is 2.44. The van der Waals surface area contributed by atoms with Gasteiger partial charge in [0.25, 0.3) is 5.91 Å². The lowest BCUT2D eigenvalue weighted by atomic mass is 9.92. The maximum atomic E-state index is 13.7. The fourth-order valence-corrected chi connectivity index (χ4v) is 4.29. The maximum Gasteiger partial charge on any atom is 0.416 e. The molecule has 0 aliphatic carbocycles. The number of pyridine rings is 1. The van der Waals surface area contributed by atoms with Crippen LogP contribution in [-0.2, 0) is 12.6 Å². The average molecular weight is 448 g/mol. The number of likely N-dealkylation sites (tertiary alicyclic amines) is 1. The quantitative estimate of drug-likeness (QED) is 0.589. The number of nitrogens with zero attached hydrogens (tertiary/aromatic N) is 2. The van der Waals surface area contributed by atoms with E-state index in [1.807, 2.05) is 13.8 Å². The monoisotopic (exact) mass is 447 g/mol. The van der Waals surface area contributed by atoms with E-state index in [1.54, 1.807) is 12.1 Å². The van der Waals surface area contributed by atoms with E-state index in [0.29, 0.717) is 17.9 Å². The first kappa shape index (κ1) is 24.2. The minimum atomic E-state index is -4.47. The molecular weight excluding hydrogens is 415 g/mol. The highest BCUT2D eigenvalue weighted by molar-refractivity contribution is 6.04. The number of carbonyl (C=O) groups is 1. The summed E-state index contributed by atoms with van der Waals surface area (Å²) in [6, 6.07) is 5.78. The molecule has 1 aliphatic rings. The van der Waals surface area contributed by atoms with E-state index in [4.69, 9.17) is 0 Å². The SMILES string of the molecule is Cc1cc(C(=O)Nc2ccc(CCCC3CCCN(C)CC3)c(C(F)(F)F)c2)cnc1C. The topological polar surface area (TPSA) is 45.2 Å². The average Bonchev–Trinajstić information content (AvgIpc) is 2.94. The Labute approximate surface area is 188 Å². The fraction of sp³-hybridized carbons (Fsp3) is 0.520. The van der Waals surface area contributed by atoms with Crippen LogP contribution in [0.15, 0.2) is 30.5 Å². The van der Waals surface area contributed by atoms with Gasteiger partial charge >= 0.3 is 6.18 Å². The first-order chi connectivity index (χ1) is 15.1. The van der Waals surface area contributed by atoms with Crippen molar-refractivity contribution in [3.63, 3.8) is 0 Å². The summed E-state index contributed by atoms with van der Waals surface area (Å²) >= 11 is 0. The third-order valence-corrected chi connectivity index (χ3v) is 6.41. The largest absolute Gasteiger partial charge is 0.416 e. The second kappa shape index (κ2) is 10.5. The third-order valence-electron chi connectivity index (χ3n) is 6.41. The van der Waals surface area contributed by atoms with Crippen molar-refractivity contribution >= 4 is 11.6 Å². The first-order valence-corrected chi connectivity index (χ1v) is 11.3. The Hall–Kier alpha value is -2.41. The Kier molecular flexibility index (Phi) is 7.93. The lowest BCUT2D eigenvalue weighted by Gasteiger charge is -2.17. The second-order valence-electron chi connectivity index (χ2n) is 8.94. The minimum Gasteiger partial charge on any atom is -0.322 e. The summed E-state index contributed by atoms with van der Waals surface area (Å²) < 4.78 is 41.2. The van der Waals surface area contributed by atoms with Crippen molar-refractivity contribution in [3.8, 4) is 0 Å². The highest BCUT2D eigenvalue weighted by atomic mass is 19.4. The van der Waals surface area contributed by atoms with Gasteiger partial charge < -0.3 is 10.2 Å². The number of aromatic nitrogens is 1. The molecule has 1 aliphatic heterocycles. The maximum absolute atomic E-state index is 13.7. The van der Waals surface area contributed by atoms with Crippen LogP contribution in [0.4, 0.5) is 18.9 Å². The fourth-order valence-electron chi connectivity index (χ4n) is 4.29. The number of hydrogen-bond acceptors (Lipinski definition) is 3. The van der Waals surface area contributed by atoms with E-state index in [-0.39, 0.29) is 11.3 Å². The molecule has 7 heteroatoms. The van der Waals surface area contributed by atoms with Gasteiger partial charge in [-0.2, -0.15) is 13.2 Å². The predicted molar refractivity (Wildman–Crippen MR) is 121 cm³/mol. The molecule has 32 heavy (non-hydrogen) atoms. The van der Waals surface area contributed by atoms with Crippen molar-refractivity contribution in [2.45, 2.75) is 58.5 Å². The molecule has 1 atom stereocenters. The van der Waals surface area contributed by atoms with Gasteiger partial charge in [-0.15, -0.1) is 0 Å². The van der Waals surface area contributed by atoms with Gasteiger partial charge in [0.15, 0.2) is 0 Å². The summed E-state index contributed by atoms with van der Waals surface area (Å²) in [7, 11) is 2.12. The van der Waals surface area contributed by atoms with Gasteiger partial charge in [0.2, 0.25) is 0 Å². The van der Waals surface area contributed by atoms with Crippen LogP contribution < -0.4 is 5.32 Å². The lowest BCUT2D eigenvalue weighted by Crippen LogP contribution is -2.18. The number of benzene rings is 1. The molecule has 2 aromatic rings. The molecule has 1 aromatic heterocycles. The number of alkyl halides is 3. The van der Waals surface area contributed by atoms with E-state index >= 15 is 0 Å². The summed E-state index contributed by atoms with van der Waals surface area (Å²) in [5.41, 5.74) is 1.73. The van der Waals surface area contributed by atoms with E-state index in [2.05, 4.69) is 22.2 Å². The minimum absolute atomic E-state index is 0.135. The van der Waals surface area contributed by atoms with Crippen molar-refractivity contribution in [2.75, 3.05) is 25.5 Å². The molecular formula is C25H32F3N3O. The molecule has 1 N–H and O–H groups in total. The van der Waals surface area contributed by atoms with Crippen molar-refractivity contribution in [3.05, 3.63) is 58.4 Å². The van der Waals surface area contributed by atoms with Gasteiger partial charge in [0.1, 0.15) is 0 Å². The van der Waals surface area contributed by atoms with Crippen LogP contribution in [0, 0.1) is 19.8 Å². The van der Waals surface area contributed by atoms with Crippen LogP contribution in [0.3, 0.4) is 0 Å². The smallest absolute Gasteiger partial charge is 0.322 e. The number of halogens is 3. The van der Waals surface area contributed by atoms with Crippen LogP contribution in [0.25, 0.3) is 0 Å². The Morgan fingerprint density at radius 2 is 1.97 bits per heavy atom. The van der Waals surface area contributed by atoms with E-state index in [0.717, 1.165) is 62.5 Å². The van der Waals surface area contributed by atoms with E-state index in [1.165, 1.54) is 12.3 Å². The van der Waals surface area contributed by atoms with E-state index in [9.17, 15) is 18.0 Å². The molecule has 0 saturated carbocycles. The molecule has 174 valence electrons. The molecule has 1 fully saturated rings. The zero-order chi connectivity index (χ0) is 23.3. The number of anilines is 1. The number of carbonyl (C=O) groups excluding carboxylic acids is 1. The van der Waals surface area contributed by atoms with Gasteiger partial charge in [-0.3, -0.25) is 9.78 Å².